The molecule has 1 aliphatic rings. The number of piperidine rings is 1. The lowest BCUT2D eigenvalue weighted by molar-refractivity contribution is -0.135. The molecular weight excluding hydrogens is 407 g/mol. The first-order valence-electron chi connectivity index (χ1n) is 9.55. The Morgan fingerprint density at radius 1 is 1.06 bits per heavy atom. The maximum absolute atomic E-state index is 15.4. The molecule has 2 amide bonds. The van der Waals surface area contributed by atoms with Gasteiger partial charge >= 0.3 is 5.76 Å². The number of nitrogens with one attached hydrogen (secondary N) is 1. The lowest BCUT2D eigenvalue weighted by Crippen LogP contribution is -2.43. The fourth-order valence-corrected chi connectivity index (χ4v) is 3.66. The maximum Gasteiger partial charge on any atom is 0.420 e. The first-order chi connectivity index (χ1) is 15.0. The second-order valence-corrected chi connectivity index (χ2v) is 7.13. The minimum atomic E-state index is -1.04. The smallest absolute Gasteiger partial charge is 0.420 e. The van der Waals surface area contributed by atoms with Gasteiger partial charge in [-0.25, -0.2) is 9.18 Å². The lowest BCUT2D eigenvalue weighted by atomic mass is 10.0. The van der Waals surface area contributed by atoms with E-state index in [4.69, 9.17) is 8.83 Å². The molecule has 2 aromatic carbocycles. The Morgan fingerprint density at radius 2 is 1.87 bits per heavy atom. The number of amides is 2. The quantitative estimate of drug-likeness (QED) is 0.501. The van der Waals surface area contributed by atoms with Crippen molar-refractivity contribution >= 4 is 22.9 Å². The largest absolute Gasteiger partial charge is 0.420 e. The van der Waals surface area contributed by atoms with E-state index in [2.05, 4.69) is 15.5 Å². The Hall–Kier alpha value is -4.08. The average Bonchev–Trinajstić information content (AvgIpc) is 3.35. The highest BCUT2D eigenvalue weighted by atomic mass is 19.1. The molecule has 5 rings (SSSR count). The minimum Gasteiger partial charge on any atom is -0.420 e. The summed E-state index contributed by atoms with van der Waals surface area (Å²) >= 11 is 0. The summed E-state index contributed by atoms with van der Waals surface area (Å²) in [5.74, 6) is -2.21. The van der Waals surface area contributed by atoms with Gasteiger partial charge in [0.05, 0.1) is 6.42 Å². The van der Waals surface area contributed by atoms with Gasteiger partial charge in [0.25, 0.3) is 0 Å². The zero-order valence-electron chi connectivity index (χ0n) is 16.0. The van der Waals surface area contributed by atoms with Crippen LogP contribution in [0.3, 0.4) is 0 Å². The van der Waals surface area contributed by atoms with Crippen LogP contribution in [0.4, 0.5) is 4.39 Å². The predicted octanol–water partition coefficient (Wildman–Crippen LogP) is 2.35. The van der Waals surface area contributed by atoms with Crippen molar-refractivity contribution in [3.63, 3.8) is 0 Å². The van der Waals surface area contributed by atoms with Crippen molar-refractivity contribution in [2.75, 3.05) is 0 Å². The molecule has 10 heteroatoms. The third-order valence-electron chi connectivity index (χ3n) is 5.15. The zero-order chi connectivity index (χ0) is 21.5. The second-order valence-electron chi connectivity index (χ2n) is 7.13. The summed E-state index contributed by atoms with van der Waals surface area (Å²) in [6.07, 6.45) is 0.102. The second kappa shape index (κ2) is 7.31. The molecule has 1 unspecified atom stereocenters. The van der Waals surface area contributed by atoms with Gasteiger partial charge in [0.2, 0.25) is 23.6 Å². The highest BCUT2D eigenvalue weighted by Crippen LogP contribution is 2.28. The van der Waals surface area contributed by atoms with E-state index < -0.39 is 29.4 Å². The van der Waals surface area contributed by atoms with Gasteiger partial charge in [-0.15, -0.1) is 10.2 Å². The number of nitrogens with zero attached hydrogens (tertiary/aromatic N) is 3. The summed E-state index contributed by atoms with van der Waals surface area (Å²) in [4.78, 5) is 36.0. The summed E-state index contributed by atoms with van der Waals surface area (Å²) in [5, 5.41) is 10.1. The summed E-state index contributed by atoms with van der Waals surface area (Å²) in [6.45, 7) is 0. The zero-order valence-corrected chi connectivity index (χ0v) is 16.0. The summed E-state index contributed by atoms with van der Waals surface area (Å²) in [6, 6.07) is 11.0. The van der Waals surface area contributed by atoms with Crippen LogP contribution in [0.25, 0.3) is 22.6 Å². The Labute approximate surface area is 173 Å². The third-order valence-corrected chi connectivity index (χ3v) is 5.15. The molecule has 0 saturated carbocycles. The molecular formula is C21H15FN4O5. The molecule has 0 aliphatic carbocycles. The number of carbonyl (C=O) groups is 2. The lowest BCUT2D eigenvalue weighted by Gasteiger charge is -2.21. The fraction of sp³-hybridized carbons (Fsp3) is 0.190. The Balaban J connectivity index is 1.52. The number of oxazole rings is 1. The van der Waals surface area contributed by atoms with E-state index in [0.29, 0.717) is 5.89 Å². The van der Waals surface area contributed by atoms with E-state index in [1.165, 1.54) is 12.1 Å². The van der Waals surface area contributed by atoms with Gasteiger partial charge in [0.1, 0.15) is 11.6 Å². The molecule has 1 aliphatic heterocycles. The highest BCUT2D eigenvalue weighted by Gasteiger charge is 2.32. The highest BCUT2D eigenvalue weighted by molar-refractivity contribution is 6.00. The SMILES string of the molecule is O=C1CCC(n2c(=O)oc3ccc(Cc4nnc(-c5ccccc5)o4)c(F)c32)C(=O)N1. The molecule has 156 valence electrons. The van der Waals surface area contributed by atoms with Crippen LogP contribution in [0.15, 0.2) is 56.1 Å². The van der Waals surface area contributed by atoms with Crippen LogP contribution < -0.4 is 11.1 Å². The molecule has 2 aromatic heterocycles. The first kappa shape index (κ1) is 18.9. The normalized spacial score (nSPS) is 16.6. The Bertz CT molecular complexity index is 1370. The van der Waals surface area contributed by atoms with Crippen molar-refractivity contribution in [3.8, 4) is 11.5 Å². The number of hydrogen-bond donors (Lipinski definition) is 1. The monoisotopic (exact) mass is 422 g/mol. The molecule has 4 aromatic rings. The van der Waals surface area contributed by atoms with Crippen molar-refractivity contribution in [1.82, 2.24) is 20.1 Å². The molecule has 0 radical (unpaired) electrons. The van der Waals surface area contributed by atoms with Crippen molar-refractivity contribution in [3.05, 3.63) is 70.3 Å². The van der Waals surface area contributed by atoms with E-state index in [-0.39, 0.29) is 41.8 Å². The molecule has 0 bridgehead atoms. The molecule has 1 fully saturated rings. The van der Waals surface area contributed by atoms with Crippen LogP contribution in [0.1, 0.15) is 30.3 Å². The van der Waals surface area contributed by atoms with Crippen LogP contribution in [0.5, 0.6) is 0 Å². The van der Waals surface area contributed by atoms with Gasteiger partial charge < -0.3 is 8.83 Å². The summed E-state index contributed by atoms with van der Waals surface area (Å²) in [7, 11) is 0. The number of carbonyl (C=O) groups excluding carboxylic acids is 2. The van der Waals surface area contributed by atoms with Crippen LogP contribution in [0, 0.1) is 5.82 Å². The van der Waals surface area contributed by atoms with Crippen molar-refractivity contribution < 1.29 is 22.8 Å². The summed E-state index contributed by atoms with van der Waals surface area (Å²) < 4.78 is 27.1. The number of fused-ring (bicyclic) bond motifs is 1. The van der Waals surface area contributed by atoms with Crippen molar-refractivity contribution in [1.29, 1.82) is 0 Å². The van der Waals surface area contributed by atoms with Crippen LogP contribution >= 0.6 is 0 Å². The van der Waals surface area contributed by atoms with E-state index in [1.54, 1.807) is 0 Å². The molecule has 9 nitrogen and oxygen atoms in total. The molecule has 1 atom stereocenters. The van der Waals surface area contributed by atoms with Gasteiger partial charge in [-0.3, -0.25) is 19.5 Å². The number of halogens is 1. The van der Waals surface area contributed by atoms with Gasteiger partial charge in [0.15, 0.2) is 11.4 Å². The minimum absolute atomic E-state index is 0.00598. The van der Waals surface area contributed by atoms with Gasteiger partial charge in [0, 0.05) is 12.0 Å². The van der Waals surface area contributed by atoms with Crippen molar-refractivity contribution in [2.45, 2.75) is 25.3 Å². The van der Waals surface area contributed by atoms with Gasteiger partial charge in [-0.1, -0.05) is 24.3 Å². The van der Waals surface area contributed by atoms with Crippen LogP contribution in [-0.4, -0.2) is 26.6 Å². The number of imide groups is 1. The standard InChI is InChI=1S/C21H15FN4O5/c22-17-12(10-16-24-25-20(31-16)11-4-2-1-3-5-11)6-8-14-18(17)26(21(29)30-14)13-7-9-15(27)23-19(13)28/h1-6,8,13H,7,9-10H2,(H,23,27,28). The molecule has 1 N–H and O–H groups in total. The number of rotatable bonds is 4. The fourth-order valence-electron chi connectivity index (χ4n) is 3.66. The molecule has 3 heterocycles. The van der Waals surface area contributed by atoms with Gasteiger partial charge in [-0.05, 0) is 30.2 Å². The van der Waals surface area contributed by atoms with E-state index in [0.717, 1.165) is 10.1 Å². The number of hydrogen-bond acceptors (Lipinski definition) is 7. The van der Waals surface area contributed by atoms with E-state index >= 15 is 4.39 Å². The Morgan fingerprint density at radius 3 is 2.65 bits per heavy atom. The molecule has 31 heavy (non-hydrogen) atoms. The van der Waals surface area contributed by atoms with Gasteiger partial charge in [-0.2, -0.15) is 0 Å². The van der Waals surface area contributed by atoms with E-state index in [9.17, 15) is 14.4 Å². The third kappa shape index (κ3) is 3.31. The van der Waals surface area contributed by atoms with Crippen LogP contribution in [-0.2, 0) is 16.0 Å². The number of aromatic nitrogens is 3. The maximum atomic E-state index is 15.4. The summed E-state index contributed by atoms with van der Waals surface area (Å²) in [5.41, 5.74) is 0.794. The average molecular weight is 422 g/mol. The predicted molar refractivity (Wildman–Crippen MR) is 104 cm³/mol. The molecule has 1 saturated heterocycles. The topological polar surface area (TPSA) is 120 Å². The van der Waals surface area contributed by atoms with Crippen molar-refractivity contribution in [2.24, 2.45) is 0 Å². The first-order valence-corrected chi connectivity index (χ1v) is 9.55. The molecule has 0 spiro atoms. The number of benzene rings is 2. The van der Waals surface area contributed by atoms with E-state index in [1.807, 2.05) is 30.3 Å². The Kier molecular flexibility index (Phi) is 4.46. The van der Waals surface area contributed by atoms with Crippen LogP contribution in [0.2, 0.25) is 0 Å².